The fraction of sp³-hybridized carbons (Fsp3) is 0.0455. The highest BCUT2D eigenvalue weighted by Crippen LogP contribution is 2.44. The predicted octanol–water partition coefficient (Wildman–Crippen LogP) is 3.22. The molecule has 0 saturated carbocycles. The molecule has 0 spiro atoms. The molecule has 11 heteroatoms. The topological polar surface area (TPSA) is 129 Å². The maximum Gasteiger partial charge on any atom is 0.364 e. The first-order chi connectivity index (χ1) is 15.6. The lowest BCUT2D eigenvalue weighted by Crippen LogP contribution is -2.52. The molecule has 9 nitrogen and oxygen atoms in total. The van der Waals surface area contributed by atoms with Gasteiger partial charge in [-0.05, 0) is 30.3 Å². The van der Waals surface area contributed by atoms with Crippen molar-refractivity contribution in [2.45, 2.75) is 4.90 Å². The number of halogens is 1. The highest BCUT2D eigenvalue weighted by atomic mass is 32.2. The Morgan fingerprint density at radius 2 is 1.85 bits per heavy atom. The van der Waals surface area contributed by atoms with Crippen molar-refractivity contribution in [2.24, 2.45) is 4.40 Å². The van der Waals surface area contributed by atoms with Crippen LogP contribution < -0.4 is 9.80 Å². The molecule has 1 amide bonds. The van der Waals surface area contributed by atoms with Gasteiger partial charge in [0.2, 0.25) is 5.82 Å². The number of phenols is 1. The number of aliphatic hydroxyl groups is 1. The van der Waals surface area contributed by atoms with Gasteiger partial charge in [0, 0.05) is 24.4 Å². The van der Waals surface area contributed by atoms with Gasteiger partial charge < -0.3 is 15.5 Å². The van der Waals surface area contributed by atoms with Gasteiger partial charge in [-0.1, -0.05) is 6.07 Å². The normalized spacial score (nSPS) is 21.0. The Morgan fingerprint density at radius 1 is 1.06 bits per heavy atom. The van der Waals surface area contributed by atoms with Gasteiger partial charge in [-0.25, -0.2) is 14.2 Å². The zero-order chi connectivity index (χ0) is 23.5. The summed E-state index contributed by atoms with van der Waals surface area (Å²) in [5.74, 6) is -2.44. The molecule has 5 rings (SSSR count). The number of carbonyl (C=O) groups is 1. The quantitative estimate of drug-likeness (QED) is 0.390. The van der Waals surface area contributed by atoms with Gasteiger partial charge in [0.15, 0.2) is 17.1 Å². The summed E-state index contributed by atoms with van der Waals surface area (Å²) in [6.45, 7) is 0. The second kappa shape index (κ2) is 6.95. The lowest BCUT2D eigenvalue weighted by atomic mass is 9.96. The number of rotatable bonds is 2. The smallest absolute Gasteiger partial charge is 0.364 e. The first-order valence-electron chi connectivity index (χ1n) is 9.65. The first kappa shape index (κ1) is 20.8. The Kier molecular flexibility index (Phi) is 4.38. The SMILES string of the molecule is C[N+]1(c2ccccn2)C(=O)C(C2=NS(=O)(=O)c3cc(O)ccc3N2)=C(O)c2cc(F)ccc21. The van der Waals surface area contributed by atoms with Gasteiger partial charge in [0.05, 0.1) is 18.3 Å². The van der Waals surface area contributed by atoms with Gasteiger partial charge >= 0.3 is 5.91 Å². The van der Waals surface area contributed by atoms with Crippen LogP contribution in [0.5, 0.6) is 5.75 Å². The minimum Gasteiger partial charge on any atom is -0.508 e. The Hall–Kier alpha value is -4.09. The standard InChI is InChI=1S/C22H15FN4O5S/c1-27(18-4-2-3-9-24-18)16-8-5-12(23)10-14(16)20(29)19(22(27)30)21-25-15-7-6-13(28)11-17(15)33(31,32)26-21/h2-11H,1H3,(H2-,25,26,28,29,30)/p+1. The van der Waals surface area contributed by atoms with Gasteiger partial charge in [-0.3, -0.25) is 0 Å². The maximum absolute atomic E-state index is 14.1. The van der Waals surface area contributed by atoms with Crippen LogP contribution in [0.4, 0.5) is 21.6 Å². The van der Waals surface area contributed by atoms with Crippen molar-refractivity contribution >= 4 is 44.7 Å². The number of quaternary nitrogens is 1. The van der Waals surface area contributed by atoms with E-state index in [1.54, 1.807) is 18.2 Å². The molecular weight excluding hydrogens is 451 g/mol. The van der Waals surface area contributed by atoms with Crippen molar-refractivity contribution < 1.29 is 27.8 Å². The van der Waals surface area contributed by atoms with Crippen LogP contribution >= 0.6 is 0 Å². The number of hydrogen-bond acceptors (Lipinski definition) is 7. The number of nitrogens with zero attached hydrogens (tertiary/aromatic N) is 3. The van der Waals surface area contributed by atoms with E-state index in [-0.39, 0.29) is 33.4 Å². The molecule has 0 aliphatic carbocycles. The molecular formula is C22H16FN4O5S+. The Morgan fingerprint density at radius 3 is 2.58 bits per heavy atom. The number of hydrogen-bond donors (Lipinski definition) is 3. The van der Waals surface area contributed by atoms with Crippen LogP contribution in [0.1, 0.15) is 5.56 Å². The van der Waals surface area contributed by atoms with E-state index < -0.39 is 43.4 Å². The summed E-state index contributed by atoms with van der Waals surface area (Å²) in [5.41, 5.74) is -0.131. The van der Waals surface area contributed by atoms with Crippen LogP contribution in [-0.2, 0) is 14.8 Å². The molecule has 1 atom stereocenters. The number of nitrogens with one attached hydrogen (secondary N) is 1. The number of phenolic OH excluding ortho intramolecular Hbond substituents is 1. The van der Waals surface area contributed by atoms with E-state index in [1.165, 1.54) is 31.4 Å². The summed E-state index contributed by atoms with van der Waals surface area (Å²) in [5, 5.41) is 23.4. The van der Waals surface area contributed by atoms with E-state index >= 15 is 0 Å². The van der Waals surface area contributed by atoms with E-state index in [2.05, 4.69) is 14.7 Å². The third-order valence-corrected chi connectivity index (χ3v) is 6.92. The van der Waals surface area contributed by atoms with E-state index in [9.17, 15) is 27.8 Å². The summed E-state index contributed by atoms with van der Waals surface area (Å²) < 4.78 is 42.8. The van der Waals surface area contributed by atoms with Crippen molar-refractivity contribution in [3.8, 4) is 5.75 Å². The minimum atomic E-state index is -4.33. The average molecular weight is 467 g/mol. The second-order valence-electron chi connectivity index (χ2n) is 7.60. The Balaban J connectivity index is 1.78. The van der Waals surface area contributed by atoms with Crippen molar-refractivity contribution in [2.75, 3.05) is 12.4 Å². The van der Waals surface area contributed by atoms with Crippen molar-refractivity contribution in [1.29, 1.82) is 0 Å². The zero-order valence-corrected chi connectivity index (χ0v) is 17.8. The van der Waals surface area contributed by atoms with Gasteiger partial charge in [0.1, 0.15) is 22.2 Å². The monoisotopic (exact) mass is 467 g/mol. The van der Waals surface area contributed by atoms with Crippen LogP contribution in [0.25, 0.3) is 5.76 Å². The van der Waals surface area contributed by atoms with Crippen molar-refractivity contribution in [1.82, 2.24) is 9.47 Å². The molecule has 2 aliphatic rings. The number of aliphatic hydroxyl groups excluding tert-OH is 1. The molecule has 3 aromatic rings. The summed E-state index contributed by atoms with van der Waals surface area (Å²) in [6.07, 6.45) is 1.48. The fourth-order valence-electron chi connectivity index (χ4n) is 3.97. The lowest BCUT2D eigenvalue weighted by molar-refractivity contribution is -0.122. The number of benzene rings is 2. The summed E-state index contributed by atoms with van der Waals surface area (Å²) in [7, 11) is -2.81. The predicted molar refractivity (Wildman–Crippen MR) is 119 cm³/mol. The first-order valence-corrected chi connectivity index (χ1v) is 11.1. The van der Waals surface area contributed by atoms with E-state index in [1.807, 2.05) is 0 Å². The molecule has 3 heterocycles. The molecule has 3 N–H and O–H groups in total. The highest BCUT2D eigenvalue weighted by molar-refractivity contribution is 7.90. The molecule has 0 saturated heterocycles. The number of anilines is 1. The maximum atomic E-state index is 14.1. The second-order valence-corrected chi connectivity index (χ2v) is 9.18. The number of likely N-dealkylation sites (N-methyl/N-ethyl adjacent to an activating group) is 1. The van der Waals surface area contributed by atoms with E-state index in [0.717, 1.165) is 18.2 Å². The van der Waals surface area contributed by atoms with Crippen LogP contribution in [-0.4, -0.2) is 42.4 Å². The zero-order valence-electron chi connectivity index (χ0n) is 17.0. The number of fused-ring (bicyclic) bond motifs is 2. The van der Waals surface area contributed by atoms with Gasteiger partial charge in [-0.2, -0.15) is 12.9 Å². The minimum absolute atomic E-state index is 0.00356. The lowest BCUT2D eigenvalue weighted by Gasteiger charge is -2.35. The molecule has 1 unspecified atom stereocenters. The van der Waals surface area contributed by atoms with Crippen LogP contribution in [0, 0.1) is 5.82 Å². The number of amides is 1. The largest absolute Gasteiger partial charge is 0.508 e. The van der Waals surface area contributed by atoms with E-state index in [4.69, 9.17) is 0 Å². The van der Waals surface area contributed by atoms with Crippen molar-refractivity contribution in [3.05, 3.63) is 77.7 Å². The summed E-state index contributed by atoms with van der Waals surface area (Å²) in [6, 6.07) is 12.1. The summed E-state index contributed by atoms with van der Waals surface area (Å²) >= 11 is 0. The van der Waals surface area contributed by atoms with Crippen LogP contribution in [0.15, 0.2) is 75.7 Å². The number of pyridine rings is 1. The Bertz CT molecular complexity index is 1520. The third-order valence-electron chi connectivity index (χ3n) is 5.60. The molecule has 1 aromatic heterocycles. The highest BCUT2D eigenvalue weighted by Gasteiger charge is 2.50. The molecule has 0 fully saturated rings. The number of carbonyl (C=O) groups excluding carboxylic acids is 1. The number of amidine groups is 1. The van der Waals surface area contributed by atoms with Crippen LogP contribution in [0.2, 0.25) is 0 Å². The van der Waals surface area contributed by atoms with Crippen molar-refractivity contribution in [3.63, 3.8) is 0 Å². The summed E-state index contributed by atoms with van der Waals surface area (Å²) in [4.78, 5) is 17.8. The Labute approximate surface area is 187 Å². The molecule has 33 heavy (non-hydrogen) atoms. The molecule has 2 aliphatic heterocycles. The fourth-order valence-corrected chi connectivity index (χ4v) is 5.11. The molecule has 2 aromatic carbocycles. The van der Waals surface area contributed by atoms with Gasteiger partial charge in [-0.15, -0.1) is 4.40 Å². The van der Waals surface area contributed by atoms with Gasteiger partial charge in [0.25, 0.3) is 10.0 Å². The molecule has 0 radical (unpaired) electrons. The third kappa shape index (κ3) is 3.01. The molecule has 166 valence electrons. The molecule has 0 bridgehead atoms. The number of aromatic nitrogens is 1. The average Bonchev–Trinajstić information content (AvgIpc) is 2.78. The number of sulfonamides is 1. The van der Waals surface area contributed by atoms with E-state index in [0.29, 0.717) is 0 Å². The number of aromatic hydroxyl groups is 1. The van der Waals surface area contributed by atoms with Crippen LogP contribution in [0.3, 0.4) is 0 Å².